The van der Waals surface area contributed by atoms with Gasteiger partial charge in [0.25, 0.3) is 0 Å². The largest absolute Gasteiger partial charge is 0.496 e. The van der Waals surface area contributed by atoms with Crippen LogP contribution in [0.4, 0.5) is 0 Å². The summed E-state index contributed by atoms with van der Waals surface area (Å²) < 4.78 is 7.44. The van der Waals surface area contributed by atoms with Gasteiger partial charge in [-0.15, -0.1) is 0 Å². The van der Waals surface area contributed by atoms with Crippen molar-refractivity contribution in [2.45, 2.75) is 32.4 Å². The molecule has 1 aliphatic heterocycles. The highest BCUT2D eigenvalue weighted by molar-refractivity contribution is 5.85. The highest BCUT2D eigenvalue weighted by atomic mass is 16.5. The van der Waals surface area contributed by atoms with Gasteiger partial charge in [-0.3, -0.25) is 9.20 Å². The summed E-state index contributed by atoms with van der Waals surface area (Å²) in [6.45, 7) is 3.84. The van der Waals surface area contributed by atoms with Crippen molar-refractivity contribution in [1.29, 1.82) is 0 Å². The zero-order valence-corrected chi connectivity index (χ0v) is 17.1. The summed E-state index contributed by atoms with van der Waals surface area (Å²) in [5.74, 6) is 1.47. The van der Waals surface area contributed by atoms with E-state index in [1.165, 1.54) is 6.92 Å². The second kappa shape index (κ2) is 6.84. The van der Waals surface area contributed by atoms with Crippen LogP contribution in [0.1, 0.15) is 30.8 Å². The number of hydrogen-bond acceptors (Lipinski definition) is 5. The number of nitrogens with zero attached hydrogens (tertiary/aromatic N) is 4. The van der Waals surface area contributed by atoms with Crippen LogP contribution in [0, 0.1) is 6.92 Å². The Hall–Kier alpha value is -3.39. The van der Waals surface area contributed by atoms with Gasteiger partial charge in [0, 0.05) is 31.6 Å². The Kier molecular flexibility index (Phi) is 4.25. The van der Waals surface area contributed by atoms with E-state index < -0.39 is 6.10 Å². The van der Waals surface area contributed by atoms with Crippen molar-refractivity contribution in [3.05, 3.63) is 48.0 Å². The minimum absolute atomic E-state index is 0.0745. The number of aliphatic hydroxyl groups excluding tert-OH is 1. The smallest absolute Gasteiger partial charge is 0.220 e. The number of β-amino-alcohol motifs (C(OH)–C–C–N with tert-alkyl or cyclic N) is 1. The van der Waals surface area contributed by atoms with E-state index in [1.54, 1.807) is 18.2 Å². The van der Waals surface area contributed by atoms with E-state index in [9.17, 15) is 9.90 Å². The van der Waals surface area contributed by atoms with Gasteiger partial charge < -0.3 is 19.7 Å². The van der Waals surface area contributed by atoms with Gasteiger partial charge in [-0.05, 0) is 36.8 Å². The summed E-state index contributed by atoms with van der Waals surface area (Å²) in [4.78, 5) is 26.6. The monoisotopic (exact) mass is 405 g/mol. The van der Waals surface area contributed by atoms with Crippen molar-refractivity contribution in [3.63, 3.8) is 0 Å². The van der Waals surface area contributed by atoms with Crippen LogP contribution in [-0.2, 0) is 4.79 Å². The van der Waals surface area contributed by atoms with Crippen LogP contribution in [0.3, 0.4) is 0 Å². The fraction of sp³-hybridized carbons (Fsp3) is 0.318. The Balaban J connectivity index is 1.78. The standard InChI is InChI=1S/C22H23N5O3/c1-12-8-14(4-5-19(12)30-3)20-18-10-24-21-16(6-7-23-21)27(18)22(25-20)17-9-15(29)11-26(17)13(2)28/h4-8,10,15,17,23,29H,9,11H2,1-3H3/t15-,17-/m1/s1. The van der Waals surface area contributed by atoms with Crippen LogP contribution in [-0.4, -0.2) is 55.0 Å². The number of amides is 1. The first-order valence-electron chi connectivity index (χ1n) is 9.92. The number of likely N-dealkylation sites (tertiary alicyclic amines) is 1. The molecule has 0 saturated carbocycles. The SMILES string of the molecule is COc1ccc(-c2nc([C@H]3C[C@@H](O)CN3C(C)=O)n3c2cnc2[nH]ccc23)cc1C. The van der Waals surface area contributed by atoms with E-state index in [0.29, 0.717) is 13.0 Å². The molecule has 0 unspecified atom stereocenters. The van der Waals surface area contributed by atoms with Gasteiger partial charge in [0.1, 0.15) is 11.6 Å². The van der Waals surface area contributed by atoms with Gasteiger partial charge in [0.05, 0.1) is 42.2 Å². The topological polar surface area (TPSA) is 95.8 Å². The van der Waals surface area contributed by atoms with Crippen molar-refractivity contribution in [2.75, 3.05) is 13.7 Å². The normalized spacial score (nSPS) is 19.1. The summed E-state index contributed by atoms with van der Waals surface area (Å²) in [6, 6.07) is 7.59. The highest BCUT2D eigenvalue weighted by Crippen LogP contribution is 2.37. The number of methoxy groups -OCH3 is 1. The summed E-state index contributed by atoms with van der Waals surface area (Å²) in [5, 5.41) is 10.3. The van der Waals surface area contributed by atoms with E-state index >= 15 is 0 Å². The lowest BCUT2D eigenvalue weighted by Crippen LogP contribution is -2.30. The zero-order valence-electron chi connectivity index (χ0n) is 17.1. The highest BCUT2D eigenvalue weighted by Gasteiger charge is 2.37. The third-order valence-electron chi connectivity index (χ3n) is 5.85. The lowest BCUT2D eigenvalue weighted by Gasteiger charge is -2.22. The molecule has 8 nitrogen and oxygen atoms in total. The van der Waals surface area contributed by atoms with E-state index in [2.05, 4.69) is 9.97 Å². The number of hydrogen-bond donors (Lipinski definition) is 2. The average molecular weight is 405 g/mol. The molecule has 8 heteroatoms. The van der Waals surface area contributed by atoms with Crippen LogP contribution in [0.15, 0.2) is 36.7 Å². The fourth-order valence-corrected chi connectivity index (χ4v) is 4.45. The second-order valence-corrected chi connectivity index (χ2v) is 7.77. The first-order chi connectivity index (χ1) is 14.5. The Bertz CT molecular complexity index is 1270. The second-order valence-electron chi connectivity index (χ2n) is 7.77. The molecule has 0 radical (unpaired) electrons. The first-order valence-corrected chi connectivity index (χ1v) is 9.92. The number of rotatable bonds is 3. The Labute approximate surface area is 173 Å². The quantitative estimate of drug-likeness (QED) is 0.546. The maximum Gasteiger partial charge on any atom is 0.220 e. The molecular weight excluding hydrogens is 382 g/mol. The summed E-state index contributed by atoms with van der Waals surface area (Å²) in [6.07, 6.45) is 3.52. The summed E-state index contributed by atoms with van der Waals surface area (Å²) in [5.41, 5.74) is 5.22. The lowest BCUT2D eigenvalue weighted by atomic mass is 10.1. The number of aliphatic hydroxyl groups is 1. The van der Waals surface area contributed by atoms with E-state index in [1.807, 2.05) is 41.8 Å². The predicted molar refractivity (Wildman–Crippen MR) is 112 cm³/mol. The van der Waals surface area contributed by atoms with Crippen molar-refractivity contribution in [3.8, 4) is 17.0 Å². The molecule has 2 N–H and O–H groups in total. The number of nitrogens with one attached hydrogen (secondary N) is 1. The van der Waals surface area contributed by atoms with Crippen molar-refractivity contribution in [2.24, 2.45) is 0 Å². The van der Waals surface area contributed by atoms with E-state index in [0.717, 1.165) is 45.1 Å². The molecule has 2 atom stereocenters. The predicted octanol–water partition coefficient (Wildman–Crippen LogP) is 2.85. The van der Waals surface area contributed by atoms with Gasteiger partial charge in [-0.25, -0.2) is 9.97 Å². The van der Waals surface area contributed by atoms with Crippen LogP contribution >= 0.6 is 0 Å². The fourth-order valence-electron chi connectivity index (χ4n) is 4.45. The number of aromatic nitrogens is 4. The third kappa shape index (κ3) is 2.75. The molecule has 154 valence electrons. The molecule has 4 aromatic rings. The molecule has 1 amide bonds. The van der Waals surface area contributed by atoms with Crippen LogP contribution in [0.25, 0.3) is 27.9 Å². The molecule has 1 fully saturated rings. The number of carbonyl (C=O) groups is 1. The lowest BCUT2D eigenvalue weighted by molar-refractivity contribution is -0.130. The van der Waals surface area contributed by atoms with Gasteiger partial charge in [0.15, 0.2) is 5.65 Å². The number of aryl methyl sites for hydroxylation is 1. The zero-order chi connectivity index (χ0) is 21.0. The Morgan fingerprint density at radius 1 is 1.30 bits per heavy atom. The Morgan fingerprint density at radius 2 is 2.13 bits per heavy atom. The Morgan fingerprint density at radius 3 is 2.87 bits per heavy atom. The number of fused-ring (bicyclic) bond motifs is 3. The minimum Gasteiger partial charge on any atom is -0.496 e. The maximum atomic E-state index is 12.3. The number of benzene rings is 1. The minimum atomic E-state index is -0.568. The molecule has 1 aliphatic rings. The van der Waals surface area contributed by atoms with Crippen LogP contribution < -0.4 is 4.74 Å². The third-order valence-corrected chi connectivity index (χ3v) is 5.85. The van der Waals surface area contributed by atoms with Gasteiger partial charge in [-0.2, -0.15) is 0 Å². The molecule has 1 saturated heterocycles. The summed E-state index contributed by atoms with van der Waals surface area (Å²) in [7, 11) is 1.65. The van der Waals surface area contributed by atoms with E-state index in [-0.39, 0.29) is 11.9 Å². The van der Waals surface area contributed by atoms with Crippen molar-refractivity contribution in [1.82, 2.24) is 24.3 Å². The molecule has 0 spiro atoms. The average Bonchev–Trinajstić information content (AvgIpc) is 3.43. The number of ether oxygens (including phenoxy) is 1. The van der Waals surface area contributed by atoms with Gasteiger partial charge in [0.2, 0.25) is 5.91 Å². The van der Waals surface area contributed by atoms with Crippen molar-refractivity contribution >= 4 is 22.6 Å². The number of carbonyl (C=O) groups excluding carboxylic acids is 1. The van der Waals surface area contributed by atoms with E-state index in [4.69, 9.17) is 9.72 Å². The number of aromatic amines is 1. The van der Waals surface area contributed by atoms with Crippen LogP contribution in [0.2, 0.25) is 0 Å². The number of imidazole rings is 1. The van der Waals surface area contributed by atoms with Crippen molar-refractivity contribution < 1.29 is 14.6 Å². The van der Waals surface area contributed by atoms with Crippen LogP contribution in [0.5, 0.6) is 5.75 Å². The maximum absolute atomic E-state index is 12.3. The molecule has 30 heavy (non-hydrogen) atoms. The molecule has 4 heterocycles. The molecule has 0 bridgehead atoms. The molecular formula is C22H23N5O3. The molecule has 0 aliphatic carbocycles. The van der Waals surface area contributed by atoms with Gasteiger partial charge in [-0.1, -0.05) is 0 Å². The molecule has 5 rings (SSSR count). The first kappa shape index (κ1) is 18.6. The molecule has 3 aromatic heterocycles. The molecule has 1 aromatic carbocycles. The van der Waals surface area contributed by atoms with Gasteiger partial charge >= 0.3 is 0 Å². The summed E-state index contributed by atoms with van der Waals surface area (Å²) >= 11 is 0. The number of H-pyrrole nitrogens is 1.